The fourth-order valence-electron chi connectivity index (χ4n) is 7.39. The van der Waals surface area contributed by atoms with Crippen LogP contribution in [0.5, 0.6) is 0 Å². The van der Waals surface area contributed by atoms with Crippen molar-refractivity contribution in [2.45, 2.75) is 258 Å². The first-order valence-electron chi connectivity index (χ1n) is 27.1. The van der Waals surface area contributed by atoms with Crippen molar-refractivity contribution in [2.24, 2.45) is 0 Å². The van der Waals surface area contributed by atoms with Crippen molar-refractivity contribution in [3.8, 4) is 0 Å². The second-order valence-electron chi connectivity index (χ2n) is 17.8. The molecule has 0 radical (unpaired) electrons. The molecular weight excluding hydrogens is 789 g/mol. The summed E-state index contributed by atoms with van der Waals surface area (Å²) in [7, 11) is 0. The third-order valence-corrected chi connectivity index (χ3v) is 11.4. The van der Waals surface area contributed by atoms with Crippen LogP contribution in [0.1, 0.15) is 252 Å². The Morgan fingerprint density at radius 2 is 0.703 bits per heavy atom. The third kappa shape index (κ3) is 51.7. The molecule has 0 aromatic heterocycles. The van der Waals surface area contributed by atoms with Gasteiger partial charge in [-0.05, 0) is 96.3 Å². The van der Waals surface area contributed by atoms with Crippen LogP contribution in [0.2, 0.25) is 0 Å². The lowest BCUT2D eigenvalue weighted by Gasteiger charge is -2.18. The Morgan fingerprint density at radius 3 is 1.16 bits per heavy atom. The average Bonchev–Trinajstić information content (AvgIpc) is 3.30. The van der Waals surface area contributed by atoms with Crippen LogP contribution < -0.4 is 0 Å². The highest BCUT2D eigenvalue weighted by Gasteiger charge is 2.17. The molecule has 0 fully saturated rings. The molecule has 0 amide bonds. The van der Waals surface area contributed by atoms with E-state index in [0.717, 1.165) is 89.9 Å². The zero-order chi connectivity index (χ0) is 46.3. The van der Waals surface area contributed by atoms with Crippen molar-refractivity contribution < 1.29 is 23.8 Å². The van der Waals surface area contributed by atoms with E-state index >= 15 is 0 Å². The topological polar surface area (TPSA) is 61.8 Å². The maximum absolute atomic E-state index is 12.8. The minimum absolute atomic E-state index is 0.0643. The summed E-state index contributed by atoms with van der Waals surface area (Å²) in [6, 6.07) is 0. The van der Waals surface area contributed by atoms with Gasteiger partial charge in [-0.1, -0.05) is 228 Å². The maximum Gasteiger partial charge on any atom is 0.306 e. The molecule has 0 saturated carbocycles. The van der Waals surface area contributed by atoms with E-state index in [1.807, 2.05) is 0 Å². The summed E-state index contributed by atoms with van der Waals surface area (Å²) < 4.78 is 17.4. The van der Waals surface area contributed by atoms with Crippen LogP contribution in [-0.2, 0) is 23.8 Å². The lowest BCUT2D eigenvalue weighted by Crippen LogP contribution is -2.30. The SMILES string of the molecule is CC/C=C\C/C=C\C/C=C\C/C=C\C/C=C\CCCCOCC(COC(=O)CCCCCCCCCCC/C=C\C/C=C\CCCCC)OC(=O)CCCCCCCCCCCCC. The van der Waals surface area contributed by atoms with Gasteiger partial charge in [-0.15, -0.1) is 0 Å². The summed E-state index contributed by atoms with van der Waals surface area (Å²) in [6.45, 7) is 7.59. The van der Waals surface area contributed by atoms with E-state index in [9.17, 15) is 9.59 Å². The Bertz CT molecular complexity index is 1190. The fourth-order valence-corrected chi connectivity index (χ4v) is 7.39. The number of esters is 2. The van der Waals surface area contributed by atoms with E-state index in [2.05, 4.69) is 106 Å². The highest BCUT2D eigenvalue weighted by atomic mass is 16.6. The standard InChI is InChI=1S/C59H102O5/c1-4-7-10-13-16-19-22-24-26-28-30-31-33-35-38-40-43-46-49-52-58(60)63-56-57(64-59(61)53-50-47-44-41-37-21-18-15-12-9-6-3)55-62-54-51-48-45-42-39-36-34-32-29-27-25-23-20-17-14-11-8-5-2/h8,11,16-17,19-20,24-27,32,34,39,42,57H,4-7,9-10,12-15,18,21-23,28-31,33,35-38,40-41,43-56H2,1-3H3/b11-8-,19-16-,20-17-,26-24-,27-25-,34-32-,42-39-. The molecule has 1 atom stereocenters. The number of carbonyl (C=O) groups is 2. The monoisotopic (exact) mass is 891 g/mol. The molecule has 64 heavy (non-hydrogen) atoms. The van der Waals surface area contributed by atoms with E-state index < -0.39 is 6.10 Å². The fraction of sp³-hybridized carbons (Fsp3) is 0.729. The molecule has 0 aliphatic heterocycles. The minimum Gasteiger partial charge on any atom is -0.462 e. The first kappa shape index (κ1) is 61.1. The number of hydrogen-bond donors (Lipinski definition) is 0. The van der Waals surface area contributed by atoms with Gasteiger partial charge in [0.25, 0.3) is 0 Å². The summed E-state index contributed by atoms with van der Waals surface area (Å²) in [4.78, 5) is 25.4. The molecule has 5 nitrogen and oxygen atoms in total. The lowest BCUT2D eigenvalue weighted by molar-refractivity contribution is -0.163. The van der Waals surface area contributed by atoms with Crippen LogP contribution >= 0.6 is 0 Å². The molecule has 0 heterocycles. The van der Waals surface area contributed by atoms with Gasteiger partial charge in [0, 0.05) is 19.4 Å². The largest absolute Gasteiger partial charge is 0.462 e. The van der Waals surface area contributed by atoms with Gasteiger partial charge in [-0.2, -0.15) is 0 Å². The van der Waals surface area contributed by atoms with Gasteiger partial charge in [0.05, 0.1) is 6.61 Å². The van der Waals surface area contributed by atoms with Gasteiger partial charge in [0.2, 0.25) is 0 Å². The van der Waals surface area contributed by atoms with Crippen LogP contribution in [0.15, 0.2) is 85.1 Å². The van der Waals surface area contributed by atoms with Crippen LogP contribution in [0.3, 0.4) is 0 Å². The number of carbonyl (C=O) groups excluding carboxylic acids is 2. The Balaban J connectivity index is 4.30. The number of allylic oxidation sites excluding steroid dienone is 14. The number of rotatable bonds is 49. The maximum atomic E-state index is 12.8. The quantitative estimate of drug-likeness (QED) is 0.0346. The van der Waals surface area contributed by atoms with Crippen molar-refractivity contribution in [3.05, 3.63) is 85.1 Å². The highest BCUT2D eigenvalue weighted by molar-refractivity contribution is 5.70. The van der Waals surface area contributed by atoms with Crippen molar-refractivity contribution in [1.82, 2.24) is 0 Å². The molecule has 0 aromatic carbocycles. The first-order valence-corrected chi connectivity index (χ1v) is 27.1. The Labute approximate surface area is 397 Å². The molecule has 368 valence electrons. The highest BCUT2D eigenvalue weighted by Crippen LogP contribution is 2.15. The molecule has 0 N–H and O–H groups in total. The van der Waals surface area contributed by atoms with E-state index in [1.165, 1.54) is 128 Å². The molecule has 0 rings (SSSR count). The van der Waals surface area contributed by atoms with E-state index in [4.69, 9.17) is 14.2 Å². The molecular formula is C59H102O5. The predicted octanol–water partition coefficient (Wildman–Crippen LogP) is 18.5. The first-order chi connectivity index (χ1) is 31.6. The Kier molecular flexibility index (Phi) is 51.9. The molecule has 0 aliphatic rings. The van der Waals surface area contributed by atoms with Gasteiger partial charge < -0.3 is 14.2 Å². The van der Waals surface area contributed by atoms with Gasteiger partial charge in [0.15, 0.2) is 6.10 Å². The van der Waals surface area contributed by atoms with Crippen molar-refractivity contribution >= 4 is 11.9 Å². The van der Waals surface area contributed by atoms with Gasteiger partial charge in [-0.3, -0.25) is 9.59 Å². The van der Waals surface area contributed by atoms with Crippen LogP contribution in [0.4, 0.5) is 0 Å². The molecule has 0 bridgehead atoms. The second-order valence-corrected chi connectivity index (χ2v) is 17.8. The zero-order valence-corrected chi connectivity index (χ0v) is 42.3. The van der Waals surface area contributed by atoms with Crippen molar-refractivity contribution in [2.75, 3.05) is 19.8 Å². The minimum atomic E-state index is -0.562. The Hall–Kier alpha value is -2.92. The molecule has 0 aromatic rings. The summed E-state index contributed by atoms with van der Waals surface area (Å²) >= 11 is 0. The summed E-state index contributed by atoms with van der Waals surface area (Å²) in [6.07, 6.45) is 71.7. The number of ether oxygens (including phenoxy) is 3. The lowest BCUT2D eigenvalue weighted by atomic mass is 10.1. The third-order valence-electron chi connectivity index (χ3n) is 11.4. The molecule has 1 unspecified atom stereocenters. The van der Waals surface area contributed by atoms with Gasteiger partial charge in [-0.25, -0.2) is 0 Å². The number of hydrogen-bond acceptors (Lipinski definition) is 5. The van der Waals surface area contributed by atoms with Crippen LogP contribution in [0.25, 0.3) is 0 Å². The molecule has 0 saturated heterocycles. The zero-order valence-electron chi connectivity index (χ0n) is 42.3. The summed E-state index contributed by atoms with van der Waals surface area (Å²) in [5.74, 6) is -0.423. The normalized spacial score (nSPS) is 12.9. The van der Waals surface area contributed by atoms with Crippen LogP contribution in [-0.4, -0.2) is 37.9 Å². The smallest absolute Gasteiger partial charge is 0.306 e. The van der Waals surface area contributed by atoms with E-state index in [0.29, 0.717) is 19.4 Å². The van der Waals surface area contributed by atoms with Gasteiger partial charge >= 0.3 is 11.9 Å². The molecule has 5 heteroatoms. The molecule has 0 aliphatic carbocycles. The number of unbranched alkanes of at least 4 members (excludes halogenated alkanes) is 24. The van der Waals surface area contributed by atoms with Crippen molar-refractivity contribution in [1.29, 1.82) is 0 Å². The van der Waals surface area contributed by atoms with E-state index in [1.54, 1.807) is 0 Å². The predicted molar refractivity (Wildman–Crippen MR) is 279 cm³/mol. The van der Waals surface area contributed by atoms with Gasteiger partial charge in [0.1, 0.15) is 6.61 Å². The van der Waals surface area contributed by atoms with Crippen molar-refractivity contribution in [3.63, 3.8) is 0 Å². The Morgan fingerprint density at radius 1 is 0.359 bits per heavy atom. The second kappa shape index (κ2) is 54.4. The summed E-state index contributed by atoms with van der Waals surface area (Å²) in [5, 5.41) is 0. The molecule has 0 spiro atoms. The van der Waals surface area contributed by atoms with E-state index in [-0.39, 0.29) is 25.2 Å². The van der Waals surface area contributed by atoms with Crippen LogP contribution in [0, 0.1) is 0 Å². The average molecular weight is 891 g/mol. The summed E-state index contributed by atoms with van der Waals surface area (Å²) in [5.41, 5.74) is 0.